The van der Waals surface area contributed by atoms with E-state index in [0.29, 0.717) is 12.1 Å². The molecule has 1 N–H and O–H groups in total. The zero-order chi connectivity index (χ0) is 15.6. The Labute approximate surface area is 116 Å². The molecule has 4 nitrogen and oxygen atoms in total. The molecule has 0 aliphatic rings. The maximum atomic E-state index is 13.4. The molecule has 0 radical (unpaired) electrons. The van der Waals surface area contributed by atoms with Gasteiger partial charge in [-0.05, 0) is 18.2 Å². The normalized spacial score (nSPS) is 10.5. The zero-order valence-corrected chi connectivity index (χ0v) is 10.4. The Morgan fingerprint density at radius 2 is 1.62 bits per heavy atom. The number of hydrogen-bond donors (Lipinski definition) is 1. The predicted octanol–water partition coefficient (Wildman–Crippen LogP) is 3.76. The summed E-state index contributed by atoms with van der Waals surface area (Å²) in [5, 5.41) is 13.1. The van der Waals surface area contributed by atoms with Crippen molar-refractivity contribution in [2.24, 2.45) is 0 Å². The lowest BCUT2D eigenvalue weighted by Gasteiger charge is -2.08. The second kappa shape index (κ2) is 5.78. The molecule has 0 aliphatic carbocycles. The quantitative estimate of drug-likeness (QED) is 0.405. The molecule has 21 heavy (non-hydrogen) atoms. The molecule has 0 saturated heterocycles. The number of nitrogens with zero attached hydrogens (tertiary/aromatic N) is 1. The van der Waals surface area contributed by atoms with Gasteiger partial charge in [0.2, 0.25) is 5.82 Å². The predicted molar refractivity (Wildman–Crippen MR) is 66.7 cm³/mol. The van der Waals surface area contributed by atoms with Crippen LogP contribution in [-0.2, 0) is 6.54 Å². The number of halogens is 4. The molecular formula is C13H8F4N2O2. The second-order valence-corrected chi connectivity index (χ2v) is 4.13. The third-order valence-corrected chi connectivity index (χ3v) is 2.72. The van der Waals surface area contributed by atoms with Crippen molar-refractivity contribution in [3.8, 4) is 0 Å². The van der Waals surface area contributed by atoms with E-state index in [1.807, 2.05) is 0 Å². The highest BCUT2D eigenvalue weighted by Gasteiger charge is 2.15. The molecule has 0 heterocycles. The number of anilines is 1. The van der Waals surface area contributed by atoms with E-state index in [2.05, 4.69) is 5.32 Å². The summed E-state index contributed by atoms with van der Waals surface area (Å²) >= 11 is 0. The summed E-state index contributed by atoms with van der Waals surface area (Å²) in [5.74, 6) is -4.49. The van der Waals surface area contributed by atoms with Crippen LogP contribution in [0.4, 0.5) is 28.9 Å². The molecule has 2 aromatic carbocycles. The Hall–Kier alpha value is -2.64. The minimum atomic E-state index is -1.31. The first-order valence-corrected chi connectivity index (χ1v) is 5.69. The molecule has 110 valence electrons. The fraction of sp³-hybridized carbons (Fsp3) is 0.0769. The highest BCUT2D eigenvalue weighted by atomic mass is 19.2. The van der Waals surface area contributed by atoms with Crippen molar-refractivity contribution < 1.29 is 22.5 Å². The summed E-state index contributed by atoms with van der Waals surface area (Å²) in [4.78, 5) is 9.67. The van der Waals surface area contributed by atoms with Gasteiger partial charge in [0.15, 0.2) is 11.6 Å². The number of rotatable bonds is 4. The summed E-state index contributed by atoms with van der Waals surface area (Å²) in [5.41, 5.74) is -0.765. The van der Waals surface area contributed by atoms with Crippen molar-refractivity contribution in [1.29, 1.82) is 0 Å². The van der Waals surface area contributed by atoms with Crippen LogP contribution in [0.3, 0.4) is 0 Å². The number of nitro groups is 1. The first kappa shape index (κ1) is 14.8. The number of benzene rings is 2. The number of hydrogen-bond acceptors (Lipinski definition) is 3. The molecule has 0 spiro atoms. The minimum Gasteiger partial charge on any atom is -0.381 e. The van der Waals surface area contributed by atoms with Crippen LogP contribution in [0, 0.1) is 33.4 Å². The molecule has 0 amide bonds. The van der Waals surface area contributed by atoms with E-state index in [0.717, 1.165) is 12.1 Å². The van der Waals surface area contributed by atoms with Gasteiger partial charge in [-0.2, -0.15) is 4.39 Å². The van der Waals surface area contributed by atoms with Gasteiger partial charge in [-0.15, -0.1) is 0 Å². The Kier molecular flexibility index (Phi) is 4.06. The number of nitro benzene ring substituents is 1. The minimum absolute atomic E-state index is 0.146. The van der Waals surface area contributed by atoms with Crippen LogP contribution in [0.25, 0.3) is 0 Å². The first-order valence-electron chi connectivity index (χ1n) is 5.69. The summed E-state index contributed by atoms with van der Waals surface area (Å²) in [6.45, 7) is -0.244. The second-order valence-electron chi connectivity index (χ2n) is 4.13. The Morgan fingerprint density at radius 1 is 0.952 bits per heavy atom. The lowest BCUT2D eigenvalue weighted by Crippen LogP contribution is -2.04. The Morgan fingerprint density at radius 3 is 2.29 bits per heavy atom. The van der Waals surface area contributed by atoms with E-state index < -0.39 is 33.9 Å². The molecule has 0 aromatic heterocycles. The van der Waals surface area contributed by atoms with Crippen molar-refractivity contribution in [2.75, 3.05) is 5.32 Å². The van der Waals surface area contributed by atoms with Crippen LogP contribution < -0.4 is 5.32 Å². The highest BCUT2D eigenvalue weighted by molar-refractivity contribution is 5.52. The van der Waals surface area contributed by atoms with Crippen LogP contribution in [-0.4, -0.2) is 4.92 Å². The molecule has 8 heteroatoms. The molecule has 0 saturated carbocycles. The monoisotopic (exact) mass is 300 g/mol. The maximum Gasteiger partial charge on any atom is 0.306 e. The van der Waals surface area contributed by atoms with Gasteiger partial charge >= 0.3 is 5.69 Å². The van der Waals surface area contributed by atoms with Crippen LogP contribution in [0.5, 0.6) is 0 Å². The Balaban J connectivity index is 2.19. The van der Waals surface area contributed by atoms with Gasteiger partial charge in [-0.25, -0.2) is 13.2 Å². The molecule has 0 bridgehead atoms. The van der Waals surface area contributed by atoms with E-state index >= 15 is 0 Å². The van der Waals surface area contributed by atoms with Gasteiger partial charge in [0.25, 0.3) is 0 Å². The molecule has 2 aromatic rings. The van der Waals surface area contributed by atoms with Crippen LogP contribution >= 0.6 is 0 Å². The highest BCUT2D eigenvalue weighted by Crippen LogP contribution is 2.22. The van der Waals surface area contributed by atoms with E-state index in [1.54, 1.807) is 0 Å². The SMILES string of the molecule is O=[N+]([O-])c1cc(NCc2cc(F)c(F)cc2F)ccc1F. The third kappa shape index (κ3) is 3.28. The molecule has 2 rings (SSSR count). The van der Waals surface area contributed by atoms with Gasteiger partial charge in [-0.3, -0.25) is 10.1 Å². The topological polar surface area (TPSA) is 55.2 Å². The standard InChI is InChI=1S/C13H8F4N2O2/c14-9-2-1-8(4-13(9)19(20)21)18-6-7-3-11(16)12(17)5-10(7)15/h1-5,18H,6H2. The van der Waals surface area contributed by atoms with Crippen molar-refractivity contribution in [1.82, 2.24) is 0 Å². The van der Waals surface area contributed by atoms with E-state index in [9.17, 15) is 27.7 Å². The summed E-state index contributed by atoms with van der Waals surface area (Å²) in [6, 6.07) is 4.09. The van der Waals surface area contributed by atoms with Crippen LogP contribution in [0.1, 0.15) is 5.56 Å². The van der Waals surface area contributed by atoms with Crippen molar-refractivity contribution in [3.63, 3.8) is 0 Å². The molecular weight excluding hydrogens is 292 g/mol. The van der Waals surface area contributed by atoms with Gasteiger partial charge in [0, 0.05) is 29.9 Å². The van der Waals surface area contributed by atoms with Crippen molar-refractivity contribution >= 4 is 11.4 Å². The average Bonchev–Trinajstić information content (AvgIpc) is 2.42. The van der Waals surface area contributed by atoms with E-state index in [4.69, 9.17) is 0 Å². The first-order chi connectivity index (χ1) is 9.88. The van der Waals surface area contributed by atoms with Gasteiger partial charge in [-0.1, -0.05) is 0 Å². The number of nitrogens with one attached hydrogen (secondary N) is 1. The lowest BCUT2D eigenvalue weighted by atomic mass is 10.2. The largest absolute Gasteiger partial charge is 0.381 e. The zero-order valence-electron chi connectivity index (χ0n) is 10.4. The fourth-order valence-electron chi connectivity index (χ4n) is 1.66. The molecule has 0 atom stereocenters. The van der Waals surface area contributed by atoms with Gasteiger partial charge in [0.1, 0.15) is 5.82 Å². The molecule has 0 fully saturated rings. The van der Waals surface area contributed by atoms with Gasteiger partial charge in [0.05, 0.1) is 4.92 Å². The molecule has 0 aliphatic heterocycles. The van der Waals surface area contributed by atoms with Crippen LogP contribution in [0.2, 0.25) is 0 Å². The van der Waals surface area contributed by atoms with E-state index in [-0.39, 0.29) is 17.8 Å². The van der Waals surface area contributed by atoms with Crippen LogP contribution in [0.15, 0.2) is 30.3 Å². The smallest absolute Gasteiger partial charge is 0.306 e. The third-order valence-electron chi connectivity index (χ3n) is 2.72. The average molecular weight is 300 g/mol. The lowest BCUT2D eigenvalue weighted by molar-refractivity contribution is -0.387. The summed E-state index contributed by atoms with van der Waals surface area (Å²) < 4.78 is 52.3. The van der Waals surface area contributed by atoms with Crippen molar-refractivity contribution in [2.45, 2.75) is 6.54 Å². The summed E-state index contributed by atoms with van der Waals surface area (Å²) in [6.07, 6.45) is 0. The molecule has 0 unspecified atom stereocenters. The maximum absolute atomic E-state index is 13.4. The van der Waals surface area contributed by atoms with E-state index in [1.165, 1.54) is 6.07 Å². The van der Waals surface area contributed by atoms with Gasteiger partial charge < -0.3 is 5.32 Å². The Bertz CT molecular complexity index is 707. The summed E-state index contributed by atoms with van der Waals surface area (Å²) in [7, 11) is 0. The van der Waals surface area contributed by atoms with Crippen molar-refractivity contribution in [3.05, 3.63) is 69.3 Å². The fourth-order valence-corrected chi connectivity index (χ4v) is 1.66.